The van der Waals surface area contributed by atoms with E-state index in [1.54, 1.807) is 24.3 Å². The zero-order valence-electron chi connectivity index (χ0n) is 10.7. The molecule has 2 aromatic rings. The van der Waals surface area contributed by atoms with Crippen molar-refractivity contribution in [3.8, 4) is 28.4 Å². The number of ketones is 1. The second kappa shape index (κ2) is 5.02. The number of methoxy groups -OCH3 is 1. The second-order valence-corrected chi connectivity index (χ2v) is 4.17. The van der Waals surface area contributed by atoms with E-state index in [9.17, 15) is 15.0 Å². The lowest BCUT2D eigenvalue weighted by atomic mass is 10.00. The van der Waals surface area contributed by atoms with Gasteiger partial charge < -0.3 is 14.9 Å². The number of carbonyl (C=O) groups excluding carboxylic acids is 1. The van der Waals surface area contributed by atoms with Crippen molar-refractivity contribution in [3.05, 3.63) is 42.0 Å². The first-order valence-corrected chi connectivity index (χ1v) is 5.74. The first kappa shape index (κ1) is 13.0. The Labute approximate surface area is 110 Å². The monoisotopic (exact) mass is 258 g/mol. The predicted molar refractivity (Wildman–Crippen MR) is 71.8 cm³/mol. The largest absolute Gasteiger partial charge is 0.504 e. The average Bonchev–Trinajstić information content (AvgIpc) is 2.41. The molecule has 2 aromatic carbocycles. The summed E-state index contributed by atoms with van der Waals surface area (Å²) < 4.78 is 5.25. The highest BCUT2D eigenvalue weighted by molar-refractivity contribution is 5.96. The highest BCUT2D eigenvalue weighted by Gasteiger charge is 2.11. The Balaban J connectivity index is 2.61. The van der Waals surface area contributed by atoms with Crippen molar-refractivity contribution in [2.45, 2.75) is 6.92 Å². The zero-order valence-corrected chi connectivity index (χ0v) is 10.7. The topological polar surface area (TPSA) is 66.8 Å². The van der Waals surface area contributed by atoms with Gasteiger partial charge in [-0.2, -0.15) is 0 Å². The fourth-order valence-electron chi connectivity index (χ4n) is 1.84. The summed E-state index contributed by atoms with van der Waals surface area (Å²) in [4.78, 5) is 11.4. The van der Waals surface area contributed by atoms with Crippen LogP contribution in [0.1, 0.15) is 17.3 Å². The maximum atomic E-state index is 11.4. The lowest BCUT2D eigenvalue weighted by Crippen LogP contribution is -1.95. The van der Waals surface area contributed by atoms with Gasteiger partial charge in [-0.3, -0.25) is 4.79 Å². The smallest absolute Gasteiger partial charge is 0.159 e. The molecule has 4 heteroatoms. The average molecular weight is 258 g/mol. The van der Waals surface area contributed by atoms with E-state index in [-0.39, 0.29) is 17.3 Å². The number of hydrogen-bond acceptors (Lipinski definition) is 4. The minimum atomic E-state index is -0.215. The Morgan fingerprint density at radius 1 is 1.05 bits per heavy atom. The van der Waals surface area contributed by atoms with Gasteiger partial charge >= 0.3 is 0 Å². The molecule has 0 saturated heterocycles. The Morgan fingerprint density at radius 3 is 2.37 bits per heavy atom. The van der Waals surface area contributed by atoms with Crippen LogP contribution in [0.2, 0.25) is 0 Å². The summed E-state index contributed by atoms with van der Waals surface area (Å²) in [5, 5.41) is 18.9. The number of benzene rings is 2. The molecular formula is C15H14O4. The van der Waals surface area contributed by atoms with Crippen LogP contribution in [0.4, 0.5) is 0 Å². The van der Waals surface area contributed by atoms with Gasteiger partial charge in [-0.1, -0.05) is 6.07 Å². The number of hydrogen-bond donors (Lipinski definition) is 2. The van der Waals surface area contributed by atoms with Gasteiger partial charge in [0.15, 0.2) is 17.3 Å². The summed E-state index contributed by atoms with van der Waals surface area (Å²) in [7, 11) is 1.53. The van der Waals surface area contributed by atoms with Crippen LogP contribution in [0.25, 0.3) is 11.1 Å². The predicted octanol–water partition coefficient (Wildman–Crippen LogP) is 2.98. The van der Waals surface area contributed by atoms with Gasteiger partial charge in [-0.25, -0.2) is 0 Å². The molecule has 0 aliphatic heterocycles. The molecule has 0 bridgehead atoms. The summed E-state index contributed by atoms with van der Waals surface area (Å²) in [6, 6.07) is 9.56. The summed E-state index contributed by atoms with van der Waals surface area (Å²) >= 11 is 0. The summed E-state index contributed by atoms with van der Waals surface area (Å²) in [5.41, 5.74) is 1.91. The molecule has 0 unspecified atom stereocenters. The molecule has 0 aromatic heterocycles. The molecule has 2 N–H and O–H groups in total. The SMILES string of the molecule is COc1ccc(C(C)=O)cc1-c1ccc(O)c(O)c1. The lowest BCUT2D eigenvalue weighted by Gasteiger charge is -2.11. The Hall–Kier alpha value is -2.49. The van der Waals surface area contributed by atoms with Gasteiger partial charge in [0.25, 0.3) is 0 Å². The molecule has 0 radical (unpaired) electrons. The third kappa shape index (κ3) is 2.52. The second-order valence-electron chi connectivity index (χ2n) is 4.17. The molecule has 0 spiro atoms. The van der Waals surface area contributed by atoms with Crippen LogP contribution < -0.4 is 4.74 Å². The number of carbonyl (C=O) groups is 1. The molecule has 2 rings (SSSR count). The van der Waals surface area contributed by atoms with E-state index in [1.165, 1.54) is 26.2 Å². The zero-order chi connectivity index (χ0) is 14.0. The van der Waals surface area contributed by atoms with Crippen molar-refractivity contribution >= 4 is 5.78 Å². The van der Waals surface area contributed by atoms with Crippen LogP contribution in [-0.4, -0.2) is 23.1 Å². The number of Topliss-reactive ketones (excluding diaryl/α,β-unsaturated/α-hetero) is 1. The molecule has 0 saturated carbocycles. The fraction of sp³-hybridized carbons (Fsp3) is 0.133. The van der Waals surface area contributed by atoms with Crippen molar-refractivity contribution in [2.75, 3.05) is 7.11 Å². The van der Waals surface area contributed by atoms with Crippen molar-refractivity contribution in [2.24, 2.45) is 0 Å². The number of phenolic OH excluding ortho intramolecular Hbond substituents is 2. The first-order valence-electron chi connectivity index (χ1n) is 5.74. The molecule has 0 fully saturated rings. The first-order chi connectivity index (χ1) is 9.02. The van der Waals surface area contributed by atoms with Gasteiger partial charge in [-0.05, 0) is 42.8 Å². The molecule has 4 nitrogen and oxygen atoms in total. The molecule has 0 heterocycles. The fourth-order valence-corrected chi connectivity index (χ4v) is 1.84. The van der Waals surface area contributed by atoms with E-state index in [0.29, 0.717) is 22.4 Å². The van der Waals surface area contributed by atoms with Crippen LogP contribution >= 0.6 is 0 Å². The van der Waals surface area contributed by atoms with Crippen LogP contribution in [0.15, 0.2) is 36.4 Å². The lowest BCUT2D eigenvalue weighted by molar-refractivity contribution is 0.101. The third-order valence-electron chi connectivity index (χ3n) is 2.89. The van der Waals surface area contributed by atoms with E-state index in [0.717, 1.165) is 0 Å². The summed E-state index contributed by atoms with van der Waals surface area (Å²) in [5.74, 6) is 0.139. The molecule has 19 heavy (non-hydrogen) atoms. The Bertz CT molecular complexity index is 632. The normalized spacial score (nSPS) is 10.2. The van der Waals surface area contributed by atoms with Crippen LogP contribution in [-0.2, 0) is 0 Å². The van der Waals surface area contributed by atoms with Gasteiger partial charge in [-0.15, -0.1) is 0 Å². The van der Waals surface area contributed by atoms with Gasteiger partial charge in [0.05, 0.1) is 7.11 Å². The molecular weight excluding hydrogens is 244 g/mol. The van der Waals surface area contributed by atoms with E-state index in [4.69, 9.17) is 4.74 Å². The minimum Gasteiger partial charge on any atom is -0.504 e. The third-order valence-corrected chi connectivity index (χ3v) is 2.89. The van der Waals surface area contributed by atoms with E-state index in [2.05, 4.69) is 0 Å². The van der Waals surface area contributed by atoms with Gasteiger partial charge in [0.2, 0.25) is 0 Å². The molecule has 0 atom stereocenters. The van der Waals surface area contributed by atoms with Crippen molar-refractivity contribution < 1.29 is 19.7 Å². The minimum absolute atomic E-state index is 0.0492. The van der Waals surface area contributed by atoms with E-state index < -0.39 is 0 Å². The number of ether oxygens (including phenoxy) is 1. The summed E-state index contributed by atoms with van der Waals surface area (Å²) in [6.07, 6.45) is 0. The van der Waals surface area contributed by atoms with Gasteiger partial charge in [0.1, 0.15) is 5.75 Å². The van der Waals surface area contributed by atoms with Crippen LogP contribution in [0, 0.1) is 0 Å². The molecule has 0 aliphatic carbocycles. The quantitative estimate of drug-likeness (QED) is 0.656. The van der Waals surface area contributed by atoms with E-state index in [1.807, 2.05) is 0 Å². The standard InChI is InChI=1S/C15H14O4/c1-9(16)10-4-6-15(19-2)12(7-10)11-3-5-13(17)14(18)8-11/h3-8,17-18H,1-2H3. The molecule has 0 aliphatic rings. The number of rotatable bonds is 3. The molecule has 0 amide bonds. The Morgan fingerprint density at radius 2 is 1.79 bits per heavy atom. The molecule has 98 valence electrons. The van der Waals surface area contributed by atoms with Crippen molar-refractivity contribution in [3.63, 3.8) is 0 Å². The van der Waals surface area contributed by atoms with Crippen molar-refractivity contribution in [1.29, 1.82) is 0 Å². The highest BCUT2D eigenvalue weighted by Crippen LogP contribution is 2.35. The number of phenols is 2. The summed E-state index contributed by atoms with van der Waals surface area (Å²) in [6.45, 7) is 1.49. The van der Waals surface area contributed by atoms with Crippen LogP contribution in [0.3, 0.4) is 0 Å². The Kier molecular flexibility index (Phi) is 3.42. The maximum Gasteiger partial charge on any atom is 0.159 e. The van der Waals surface area contributed by atoms with Crippen molar-refractivity contribution in [1.82, 2.24) is 0 Å². The van der Waals surface area contributed by atoms with E-state index >= 15 is 0 Å². The highest BCUT2D eigenvalue weighted by atomic mass is 16.5. The van der Waals surface area contributed by atoms with Gasteiger partial charge in [0, 0.05) is 11.1 Å². The van der Waals surface area contributed by atoms with Crippen LogP contribution in [0.5, 0.6) is 17.2 Å². The number of aromatic hydroxyl groups is 2. The maximum absolute atomic E-state index is 11.4.